The molecule has 3 heterocycles. The van der Waals surface area contributed by atoms with E-state index in [1.807, 2.05) is 43.0 Å². The van der Waals surface area contributed by atoms with Gasteiger partial charge >= 0.3 is 6.09 Å². The van der Waals surface area contributed by atoms with E-state index in [1.54, 1.807) is 22.7 Å². The van der Waals surface area contributed by atoms with Crippen molar-refractivity contribution in [2.24, 2.45) is 0 Å². The van der Waals surface area contributed by atoms with Crippen LogP contribution in [0.5, 0.6) is 0 Å². The zero-order chi connectivity index (χ0) is 22.7. The molecular formula is C23H27N5O4. The Hall–Kier alpha value is -3.46. The Labute approximate surface area is 186 Å². The van der Waals surface area contributed by atoms with Crippen molar-refractivity contribution in [3.8, 4) is 11.3 Å². The number of pyridine rings is 1. The van der Waals surface area contributed by atoms with Crippen molar-refractivity contribution in [1.29, 1.82) is 0 Å². The molecule has 2 aromatic heterocycles. The number of carboxylic acid groups (broad SMARTS) is 1. The molecule has 5 rings (SSSR count). The van der Waals surface area contributed by atoms with Crippen LogP contribution in [-0.4, -0.2) is 61.9 Å². The van der Waals surface area contributed by atoms with E-state index in [0.29, 0.717) is 31.0 Å². The second-order valence-corrected chi connectivity index (χ2v) is 8.51. The summed E-state index contributed by atoms with van der Waals surface area (Å²) < 4.78 is 7.06. The van der Waals surface area contributed by atoms with Gasteiger partial charge in [0.1, 0.15) is 0 Å². The molecule has 1 saturated heterocycles. The summed E-state index contributed by atoms with van der Waals surface area (Å²) in [5.74, 6) is -0.0249. The zero-order valence-electron chi connectivity index (χ0n) is 18.2. The maximum absolute atomic E-state index is 13.0. The topological polar surface area (TPSA) is 109 Å². The van der Waals surface area contributed by atoms with Crippen molar-refractivity contribution in [3.63, 3.8) is 0 Å². The van der Waals surface area contributed by atoms with Crippen LogP contribution in [-0.2, 0) is 4.74 Å². The first-order valence-electron chi connectivity index (χ1n) is 10.7. The van der Waals surface area contributed by atoms with Gasteiger partial charge in [0.15, 0.2) is 5.65 Å². The molecule has 2 N–H and O–H groups in total. The molecule has 2 aliphatic rings. The first kappa shape index (κ1) is 21.8. The van der Waals surface area contributed by atoms with Crippen LogP contribution in [0.25, 0.3) is 16.9 Å². The van der Waals surface area contributed by atoms with E-state index in [1.165, 1.54) is 19.3 Å². The molecule has 0 radical (unpaired) electrons. The van der Waals surface area contributed by atoms with Crippen LogP contribution < -0.4 is 5.32 Å². The van der Waals surface area contributed by atoms with E-state index < -0.39 is 6.09 Å². The Balaban J connectivity index is 0.000000754. The standard InChI is InChI=1S/C20H21N5O4.C3H6/c1-20(2)12-29-11-10-24(20)17(26)14-8-6-13(7-9-14)15-4-3-5-16-21-18(22-19(27)28)23-25(15)16;1-2-3-1/h3-9H,10-12H2,1-2H3,(H,22,23)(H,27,28);1-3H2. The number of rotatable bonds is 3. The van der Waals surface area contributed by atoms with Gasteiger partial charge in [-0.1, -0.05) is 37.5 Å². The van der Waals surface area contributed by atoms with Crippen molar-refractivity contribution >= 4 is 23.6 Å². The molecule has 3 aromatic rings. The van der Waals surface area contributed by atoms with E-state index in [-0.39, 0.29) is 17.4 Å². The third kappa shape index (κ3) is 4.88. The number of benzene rings is 1. The number of amides is 2. The summed E-state index contributed by atoms with van der Waals surface area (Å²) in [5.41, 5.74) is 2.33. The van der Waals surface area contributed by atoms with Gasteiger partial charge in [0, 0.05) is 17.7 Å². The fraction of sp³-hybridized carbons (Fsp3) is 0.391. The highest BCUT2D eigenvalue weighted by molar-refractivity contribution is 5.95. The van der Waals surface area contributed by atoms with Crippen LogP contribution in [0.4, 0.5) is 10.7 Å². The van der Waals surface area contributed by atoms with Crippen LogP contribution >= 0.6 is 0 Å². The van der Waals surface area contributed by atoms with Crippen LogP contribution in [0.1, 0.15) is 43.5 Å². The average molecular weight is 438 g/mol. The van der Waals surface area contributed by atoms with Gasteiger partial charge in [-0.05, 0) is 38.1 Å². The lowest BCUT2D eigenvalue weighted by atomic mass is 10.00. The molecule has 0 bridgehead atoms. The minimum absolute atomic E-state index is 0.00583. The van der Waals surface area contributed by atoms with Gasteiger partial charge < -0.3 is 14.7 Å². The monoisotopic (exact) mass is 437 g/mol. The number of morpholine rings is 1. The number of carbonyl (C=O) groups is 2. The van der Waals surface area contributed by atoms with Crippen LogP contribution in [0.2, 0.25) is 0 Å². The molecule has 168 valence electrons. The molecule has 0 atom stereocenters. The first-order chi connectivity index (χ1) is 15.3. The van der Waals surface area contributed by atoms with Gasteiger partial charge in [0.05, 0.1) is 24.4 Å². The van der Waals surface area contributed by atoms with Crippen molar-refractivity contribution in [1.82, 2.24) is 19.5 Å². The first-order valence-corrected chi connectivity index (χ1v) is 10.7. The van der Waals surface area contributed by atoms with Crippen LogP contribution in [0.15, 0.2) is 42.5 Å². The number of aromatic nitrogens is 3. The van der Waals surface area contributed by atoms with E-state index >= 15 is 0 Å². The molecule has 9 nitrogen and oxygen atoms in total. The minimum Gasteiger partial charge on any atom is -0.465 e. The Bertz CT molecular complexity index is 1120. The highest BCUT2D eigenvalue weighted by atomic mass is 16.5. The van der Waals surface area contributed by atoms with Gasteiger partial charge in [-0.3, -0.25) is 10.1 Å². The lowest BCUT2D eigenvalue weighted by Crippen LogP contribution is -2.55. The van der Waals surface area contributed by atoms with Gasteiger partial charge in [0.2, 0.25) is 0 Å². The van der Waals surface area contributed by atoms with Gasteiger partial charge in [-0.2, -0.15) is 4.98 Å². The number of hydrogen-bond acceptors (Lipinski definition) is 5. The highest BCUT2D eigenvalue weighted by Crippen LogP contribution is 2.25. The summed E-state index contributed by atoms with van der Waals surface area (Å²) in [4.78, 5) is 29.8. The largest absolute Gasteiger partial charge is 0.465 e. The predicted octanol–water partition coefficient (Wildman–Crippen LogP) is 3.91. The smallest absolute Gasteiger partial charge is 0.411 e. The minimum atomic E-state index is -1.23. The quantitative estimate of drug-likeness (QED) is 0.643. The molecule has 0 unspecified atom stereocenters. The van der Waals surface area contributed by atoms with E-state index in [4.69, 9.17) is 9.84 Å². The molecule has 1 aromatic carbocycles. The molecule has 1 saturated carbocycles. The number of fused-ring (bicyclic) bond motifs is 1. The van der Waals surface area contributed by atoms with Crippen molar-refractivity contribution in [2.45, 2.75) is 38.6 Å². The molecular weight excluding hydrogens is 410 g/mol. The van der Waals surface area contributed by atoms with Crippen LogP contribution in [0, 0.1) is 0 Å². The molecule has 0 spiro atoms. The maximum Gasteiger partial charge on any atom is 0.411 e. The lowest BCUT2D eigenvalue weighted by molar-refractivity contribution is -0.0370. The number of anilines is 1. The average Bonchev–Trinajstić information content (AvgIpc) is 3.59. The third-order valence-corrected chi connectivity index (χ3v) is 5.25. The van der Waals surface area contributed by atoms with Crippen molar-refractivity contribution in [3.05, 3.63) is 48.0 Å². The summed E-state index contributed by atoms with van der Waals surface area (Å²) in [7, 11) is 0. The number of hydrogen-bond donors (Lipinski definition) is 2. The summed E-state index contributed by atoms with van der Waals surface area (Å²) in [6.45, 7) is 5.59. The van der Waals surface area contributed by atoms with E-state index in [2.05, 4.69) is 15.4 Å². The Kier molecular flexibility index (Phi) is 6.09. The van der Waals surface area contributed by atoms with Crippen LogP contribution in [0.3, 0.4) is 0 Å². The second-order valence-electron chi connectivity index (χ2n) is 8.51. The van der Waals surface area contributed by atoms with Gasteiger partial charge in [0.25, 0.3) is 11.9 Å². The number of carbonyl (C=O) groups excluding carboxylic acids is 1. The Morgan fingerprint density at radius 1 is 1.09 bits per heavy atom. The summed E-state index contributed by atoms with van der Waals surface area (Å²) in [6, 6.07) is 12.7. The lowest BCUT2D eigenvalue weighted by Gasteiger charge is -2.42. The molecule has 2 amide bonds. The van der Waals surface area contributed by atoms with Crippen molar-refractivity contribution in [2.75, 3.05) is 25.1 Å². The maximum atomic E-state index is 13.0. The number of ether oxygens (including phenoxy) is 1. The van der Waals surface area contributed by atoms with E-state index in [0.717, 1.165) is 11.3 Å². The third-order valence-electron chi connectivity index (χ3n) is 5.25. The highest BCUT2D eigenvalue weighted by Gasteiger charge is 2.34. The summed E-state index contributed by atoms with van der Waals surface area (Å²) >= 11 is 0. The van der Waals surface area contributed by atoms with Crippen molar-refractivity contribution < 1.29 is 19.4 Å². The summed E-state index contributed by atoms with van der Waals surface area (Å²) in [6.07, 6.45) is 3.27. The molecule has 9 heteroatoms. The SMILES string of the molecule is C1CC1.CC1(C)COCCN1C(=O)c1ccc(-c2cccc3nc(NC(=O)O)nn23)cc1. The molecule has 1 aliphatic carbocycles. The molecule has 32 heavy (non-hydrogen) atoms. The Morgan fingerprint density at radius 2 is 1.81 bits per heavy atom. The number of nitrogens with zero attached hydrogens (tertiary/aromatic N) is 4. The fourth-order valence-corrected chi connectivity index (χ4v) is 3.45. The zero-order valence-corrected chi connectivity index (χ0v) is 18.2. The molecule has 1 aliphatic heterocycles. The predicted molar refractivity (Wildman–Crippen MR) is 120 cm³/mol. The summed E-state index contributed by atoms with van der Waals surface area (Å²) in [5, 5.41) is 15.2. The molecule has 2 fully saturated rings. The normalized spacial score (nSPS) is 16.8. The second kappa shape index (κ2) is 8.96. The fourth-order valence-electron chi connectivity index (χ4n) is 3.45. The Morgan fingerprint density at radius 3 is 2.44 bits per heavy atom. The van der Waals surface area contributed by atoms with Gasteiger partial charge in [-0.25, -0.2) is 9.31 Å². The van der Waals surface area contributed by atoms with Gasteiger partial charge in [-0.15, -0.1) is 5.10 Å². The number of nitrogens with one attached hydrogen (secondary N) is 1. The van der Waals surface area contributed by atoms with E-state index in [9.17, 15) is 9.59 Å².